The smallest absolute Gasteiger partial charge is 0.433 e. The van der Waals surface area contributed by atoms with Gasteiger partial charge in [0, 0.05) is 35.5 Å². The summed E-state index contributed by atoms with van der Waals surface area (Å²) in [6.07, 6.45) is -1.82. The quantitative estimate of drug-likeness (QED) is 0.473. The van der Waals surface area contributed by atoms with Crippen LogP contribution >= 0.6 is 0 Å². The Bertz CT molecular complexity index is 1330. The second-order valence-corrected chi connectivity index (χ2v) is 9.44. The lowest BCUT2D eigenvalue weighted by atomic mass is 9.90. The molecule has 2 N–H and O–H groups in total. The van der Waals surface area contributed by atoms with Crippen molar-refractivity contribution in [1.82, 2.24) is 9.97 Å². The molecule has 2 atom stereocenters. The van der Waals surface area contributed by atoms with Gasteiger partial charge in [0.2, 0.25) is 5.88 Å². The highest BCUT2D eigenvalue weighted by Gasteiger charge is 2.57. The number of alkyl halides is 3. The van der Waals surface area contributed by atoms with Crippen LogP contribution in [0.2, 0.25) is 0 Å². The number of amides is 1. The van der Waals surface area contributed by atoms with E-state index in [1.54, 1.807) is 18.2 Å². The third-order valence-corrected chi connectivity index (χ3v) is 7.02. The third-order valence-electron chi connectivity index (χ3n) is 7.02. The number of aryl methyl sites for hydroxylation is 1. The number of pyridine rings is 2. The Labute approximate surface area is 211 Å². The molecule has 3 heterocycles. The predicted octanol–water partition coefficient (Wildman–Crippen LogP) is 4.77. The Morgan fingerprint density at radius 2 is 2.08 bits per heavy atom. The molecule has 0 spiro atoms. The van der Waals surface area contributed by atoms with E-state index in [0.717, 1.165) is 47.5 Å². The number of fused-ring (bicyclic) bond motifs is 1. The summed E-state index contributed by atoms with van der Waals surface area (Å²) in [5.41, 5.74) is 2.61. The zero-order chi connectivity index (χ0) is 26.2. The van der Waals surface area contributed by atoms with E-state index >= 15 is 0 Å². The number of anilines is 1. The molecular formula is C27H26F3N3O4. The number of ether oxygens (including phenoxy) is 2. The molecule has 1 saturated carbocycles. The van der Waals surface area contributed by atoms with Gasteiger partial charge in [0.05, 0.1) is 18.9 Å². The lowest BCUT2D eigenvalue weighted by Crippen LogP contribution is -2.23. The molecule has 0 radical (unpaired) electrons. The fourth-order valence-electron chi connectivity index (χ4n) is 4.91. The molecule has 10 heteroatoms. The van der Waals surface area contributed by atoms with Crippen molar-refractivity contribution < 1.29 is 32.5 Å². The van der Waals surface area contributed by atoms with Gasteiger partial charge in [0.25, 0.3) is 5.91 Å². The standard InChI is InChI=1S/C27H26F3N3O4/c1-16-2-3-20(32-25(35)17-4-6-31-23(10-17)27(28,29)30)13-21(16)18-11-22(33-24(12-18)37-9-7-34)26-5-8-36-15-19(26)14-26/h2-4,6,10-13,19,34H,5,7-9,14-15H2,1H3,(H,32,35). The molecule has 1 aliphatic heterocycles. The summed E-state index contributed by atoms with van der Waals surface area (Å²) < 4.78 is 50.4. The first-order valence-electron chi connectivity index (χ1n) is 12.0. The highest BCUT2D eigenvalue weighted by atomic mass is 19.4. The van der Waals surface area contributed by atoms with Crippen LogP contribution in [0, 0.1) is 12.8 Å². The Hall–Kier alpha value is -3.50. The molecule has 1 aromatic carbocycles. The maximum Gasteiger partial charge on any atom is 0.433 e. The van der Waals surface area contributed by atoms with Gasteiger partial charge in [-0.1, -0.05) is 6.07 Å². The molecule has 1 saturated heterocycles. The number of aliphatic hydroxyl groups is 1. The SMILES string of the molecule is Cc1ccc(NC(=O)c2ccnc(C(F)(F)F)c2)cc1-c1cc(OCCO)nc(C23CCOCC2C3)c1. The Morgan fingerprint density at radius 3 is 2.84 bits per heavy atom. The molecular weight excluding hydrogens is 487 g/mol. The number of hydrogen-bond donors (Lipinski definition) is 2. The summed E-state index contributed by atoms with van der Waals surface area (Å²) >= 11 is 0. The number of nitrogens with one attached hydrogen (secondary N) is 1. The molecule has 0 bridgehead atoms. The van der Waals surface area contributed by atoms with Crippen LogP contribution < -0.4 is 10.1 Å². The molecule has 7 nitrogen and oxygen atoms in total. The van der Waals surface area contributed by atoms with Gasteiger partial charge in [-0.3, -0.25) is 9.78 Å². The molecule has 1 amide bonds. The molecule has 37 heavy (non-hydrogen) atoms. The van der Waals surface area contributed by atoms with Gasteiger partial charge in [-0.2, -0.15) is 13.2 Å². The zero-order valence-corrected chi connectivity index (χ0v) is 20.1. The minimum Gasteiger partial charge on any atom is -0.475 e. The Balaban J connectivity index is 1.46. The van der Waals surface area contributed by atoms with Crippen LogP contribution in [0.3, 0.4) is 0 Å². The van der Waals surface area contributed by atoms with E-state index in [2.05, 4.69) is 10.3 Å². The molecule has 2 aliphatic rings. The third kappa shape index (κ3) is 5.17. The number of carbonyl (C=O) groups is 1. The van der Waals surface area contributed by atoms with Gasteiger partial charge < -0.3 is 19.9 Å². The van der Waals surface area contributed by atoms with E-state index in [4.69, 9.17) is 14.5 Å². The van der Waals surface area contributed by atoms with E-state index in [1.807, 2.05) is 19.1 Å². The van der Waals surface area contributed by atoms with Crippen molar-refractivity contribution in [2.75, 3.05) is 31.7 Å². The molecule has 5 rings (SSSR count). The van der Waals surface area contributed by atoms with Crippen LogP contribution in [0.1, 0.15) is 40.2 Å². The van der Waals surface area contributed by atoms with E-state index in [-0.39, 0.29) is 24.2 Å². The van der Waals surface area contributed by atoms with Gasteiger partial charge in [-0.25, -0.2) is 4.98 Å². The number of nitrogens with zero attached hydrogens (tertiary/aromatic N) is 2. The molecule has 1 aliphatic carbocycles. The van der Waals surface area contributed by atoms with Crippen molar-refractivity contribution in [2.45, 2.75) is 31.4 Å². The highest BCUT2D eigenvalue weighted by Crippen LogP contribution is 2.58. The fourth-order valence-corrected chi connectivity index (χ4v) is 4.91. The molecule has 2 unspecified atom stereocenters. The number of aromatic nitrogens is 2. The first-order valence-corrected chi connectivity index (χ1v) is 12.0. The van der Waals surface area contributed by atoms with Crippen molar-refractivity contribution in [3.63, 3.8) is 0 Å². The first kappa shape index (κ1) is 25.2. The van der Waals surface area contributed by atoms with E-state index in [9.17, 15) is 23.1 Å². The number of halogens is 3. The van der Waals surface area contributed by atoms with Gasteiger partial charge in [0.1, 0.15) is 12.3 Å². The number of benzene rings is 1. The zero-order valence-electron chi connectivity index (χ0n) is 20.1. The van der Waals surface area contributed by atoms with Crippen molar-refractivity contribution in [3.05, 3.63) is 71.2 Å². The number of carbonyl (C=O) groups excluding carboxylic acids is 1. The maximum atomic E-state index is 13.0. The minimum atomic E-state index is -4.65. The monoisotopic (exact) mass is 513 g/mol. The van der Waals surface area contributed by atoms with Gasteiger partial charge in [-0.15, -0.1) is 0 Å². The number of aliphatic hydroxyl groups excluding tert-OH is 1. The second-order valence-electron chi connectivity index (χ2n) is 9.44. The van der Waals surface area contributed by atoms with Crippen molar-refractivity contribution in [1.29, 1.82) is 0 Å². The summed E-state index contributed by atoms with van der Waals surface area (Å²) in [5, 5.41) is 11.9. The summed E-state index contributed by atoms with van der Waals surface area (Å²) in [6.45, 7) is 3.26. The normalized spacial score (nSPS) is 20.7. The van der Waals surface area contributed by atoms with Crippen molar-refractivity contribution in [3.8, 4) is 17.0 Å². The highest BCUT2D eigenvalue weighted by molar-refractivity contribution is 6.04. The minimum absolute atomic E-state index is 0.0527. The Morgan fingerprint density at radius 1 is 1.24 bits per heavy atom. The molecule has 194 valence electrons. The van der Waals surface area contributed by atoms with Crippen molar-refractivity contribution in [2.24, 2.45) is 5.92 Å². The van der Waals surface area contributed by atoms with E-state index in [0.29, 0.717) is 30.7 Å². The fraction of sp³-hybridized carbons (Fsp3) is 0.370. The number of rotatable bonds is 7. The average molecular weight is 514 g/mol. The lowest BCUT2D eigenvalue weighted by molar-refractivity contribution is -0.141. The molecule has 3 aromatic rings. The molecule has 2 aromatic heterocycles. The summed E-state index contributed by atoms with van der Waals surface area (Å²) in [5.74, 6) is 0.133. The van der Waals surface area contributed by atoms with Crippen LogP contribution in [0.25, 0.3) is 11.1 Å². The number of hydrogen-bond acceptors (Lipinski definition) is 6. The summed E-state index contributed by atoms with van der Waals surface area (Å²) in [4.78, 5) is 20.8. The summed E-state index contributed by atoms with van der Waals surface area (Å²) in [7, 11) is 0. The van der Waals surface area contributed by atoms with Crippen molar-refractivity contribution >= 4 is 11.6 Å². The van der Waals surface area contributed by atoms with Gasteiger partial charge in [-0.05, 0) is 72.7 Å². The molecule has 2 fully saturated rings. The van der Waals surface area contributed by atoms with Crippen LogP contribution in [0.15, 0.2) is 48.7 Å². The first-order chi connectivity index (χ1) is 17.7. The van der Waals surface area contributed by atoms with E-state index < -0.39 is 17.8 Å². The Kier molecular flexibility index (Phi) is 6.63. The summed E-state index contributed by atoms with van der Waals surface area (Å²) in [6, 6.07) is 11.1. The van der Waals surface area contributed by atoms with Crippen LogP contribution in [0.5, 0.6) is 5.88 Å². The van der Waals surface area contributed by atoms with Crippen LogP contribution in [0.4, 0.5) is 18.9 Å². The van der Waals surface area contributed by atoms with Crippen LogP contribution in [-0.2, 0) is 16.3 Å². The maximum absolute atomic E-state index is 13.0. The van der Waals surface area contributed by atoms with Gasteiger partial charge in [0.15, 0.2) is 0 Å². The lowest BCUT2D eigenvalue weighted by Gasteiger charge is -2.23. The largest absolute Gasteiger partial charge is 0.475 e. The topological polar surface area (TPSA) is 93.6 Å². The van der Waals surface area contributed by atoms with Crippen LogP contribution in [-0.4, -0.2) is 47.4 Å². The van der Waals surface area contributed by atoms with E-state index in [1.165, 1.54) is 6.07 Å². The average Bonchev–Trinajstić information content (AvgIpc) is 3.64. The second kappa shape index (κ2) is 9.75. The predicted molar refractivity (Wildman–Crippen MR) is 129 cm³/mol. The van der Waals surface area contributed by atoms with Gasteiger partial charge >= 0.3 is 6.18 Å².